The van der Waals surface area contributed by atoms with Crippen molar-refractivity contribution in [2.45, 2.75) is 31.7 Å². The minimum absolute atomic E-state index is 0.0349. The fourth-order valence-electron chi connectivity index (χ4n) is 2.42. The summed E-state index contributed by atoms with van der Waals surface area (Å²) < 4.78 is 4.77. The number of ether oxygens (including phenoxy) is 1. The van der Waals surface area contributed by atoms with Crippen LogP contribution in [0.4, 0.5) is 5.69 Å². The number of esters is 1. The maximum atomic E-state index is 11.4. The van der Waals surface area contributed by atoms with Crippen LogP contribution in [0.2, 0.25) is 10.3 Å². The van der Waals surface area contributed by atoms with Gasteiger partial charge in [-0.3, -0.25) is 4.79 Å². The van der Waals surface area contributed by atoms with Crippen molar-refractivity contribution in [2.75, 3.05) is 12.4 Å². The molecule has 4 nitrogen and oxygen atoms in total. The number of nitrogens with one attached hydrogen (secondary N) is 1. The van der Waals surface area contributed by atoms with E-state index in [2.05, 4.69) is 10.3 Å². The Balaban J connectivity index is 1.90. The van der Waals surface area contributed by atoms with Crippen molar-refractivity contribution in [1.29, 1.82) is 0 Å². The van der Waals surface area contributed by atoms with Gasteiger partial charge in [-0.15, -0.1) is 0 Å². The van der Waals surface area contributed by atoms with E-state index in [4.69, 9.17) is 27.9 Å². The van der Waals surface area contributed by atoms with Crippen LogP contribution in [0.15, 0.2) is 12.1 Å². The van der Waals surface area contributed by atoms with Crippen molar-refractivity contribution in [3.63, 3.8) is 0 Å². The molecule has 0 aromatic carbocycles. The third-order valence-corrected chi connectivity index (χ3v) is 3.78. The molecule has 0 saturated heterocycles. The molecular formula is C13H16Cl2N2O2. The third kappa shape index (κ3) is 3.98. The molecule has 0 atom stereocenters. The Kier molecular flexibility index (Phi) is 4.88. The fourth-order valence-corrected chi connectivity index (χ4v) is 2.88. The summed E-state index contributed by atoms with van der Waals surface area (Å²) in [6, 6.07) is 3.83. The normalized spacial score (nSPS) is 22.9. The van der Waals surface area contributed by atoms with Crippen molar-refractivity contribution in [1.82, 2.24) is 4.98 Å². The average molecular weight is 303 g/mol. The van der Waals surface area contributed by atoms with Crippen LogP contribution in [0, 0.1) is 5.92 Å². The number of hydrogen-bond donors (Lipinski definition) is 1. The van der Waals surface area contributed by atoms with Crippen LogP contribution in [0.1, 0.15) is 25.7 Å². The highest BCUT2D eigenvalue weighted by molar-refractivity contribution is 6.32. The minimum Gasteiger partial charge on any atom is -0.469 e. The lowest BCUT2D eigenvalue weighted by atomic mass is 9.86. The van der Waals surface area contributed by atoms with Gasteiger partial charge in [-0.05, 0) is 37.8 Å². The number of carbonyl (C=O) groups excluding carboxylic acids is 1. The number of halogens is 2. The molecule has 6 heteroatoms. The van der Waals surface area contributed by atoms with Crippen molar-refractivity contribution in [2.24, 2.45) is 5.92 Å². The molecule has 1 saturated carbocycles. The number of pyridine rings is 1. The van der Waals surface area contributed by atoms with E-state index in [0.717, 1.165) is 31.4 Å². The van der Waals surface area contributed by atoms with Gasteiger partial charge >= 0.3 is 5.97 Å². The van der Waals surface area contributed by atoms with Gasteiger partial charge in [0.25, 0.3) is 0 Å². The zero-order chi connectivity index (χ0) is 13.8. The van der Waals surface area contributed by atoms with Gasteiger partial charge in [-0.25, -0.2) is 4.98 Å². The van der Waals surface area contributed by atoms with Gasteiger partial charge in [-0.2, -0.15) is 0 Å². The SMILES string of the molecule is COC(=O)[C@H]1CC[C@H](Nc2cc(Cl)nc(Cl)c2)CC1. The van der Waals surface area contributed by atoms with Crippen LogP contribution in [-0.2, 0) is 9.53 Å². The van der Waals surface area contributed by atoms with E-state index in [0.29, 0.717) is 16.3 Å². The Morgan fingerprint density at radius 2 is 1.84 bits per heavy atom. The summed E-state index contributed by atoms with van der Waals surface area (Å²) in [4.78, 5) is 15.3. The van der Waals surface area contributed by atoms with Crippen LogP contribution >= 0.6 is 23.2 Å². The summed E-state index contributed by atoms with van der Waals surface area (Å²) in [5.74, 6) is -0.0684. The Labute approximate surface area is 122 Å². The monoisotopic (exact) mass is 302 g/mol. The van der Waals surface area contributed by atoms with Crippen molar-refractivity contribution >= 4 is 34.9 Å². The molecule has 0 amide bonds. The first kappa shape index (κ1) is 14.4. The molecule has 2 rings (SSSR count). The zero-order valence-electron chi connectivity index (χ0n) is 10.7. The van der Waals surface area contributed by atoms with Gasteiger partial charge < -0.3 is 10.1 Å². The van der Waals surface area contributed by atoms with E-state index in [1.165, 1.54) is 7.11 Å². The number of anilines is 1. The quantitative estimate of drug-likeness (QED) is 0.685. The number of nitrogens with zero attached hydrogens (tertiary/aromatic N) is 1. The zero-order valence-corrected chi connectivity index (χ0v) is 12.2. The standard InChI is InChI=1S/C13H16Cl2N2O2/c1-19-13(18)8-2-4-9(5-3-8)16-10-6-11(14)17-12(15)7-10/h6-9H,2-5H2,1H3,(H,16,17)/t8-,9-. The second-order valence-corrected chi connectivity index (χ2v) is 5.49. The molecule has 1 aliphatic carbocycles. The molecule has 1 aromatic heterocycles. The second-order valence-electron chi connectivity index (χ2n) is 4.72. The van der Waals surface area contributed by atoms with Gasteiger partial charge in [0.2, 0.25) is 0 Å². The maximum Gasteiger partial charge on any atom is 0.308 e. The molecule has 0 bridgehead atoms. The number of hydrogen-bond acceptors (Lipinski definition) is 4. The van der Waals surface area contributed by atoms with Gasteiger partial charge in [0.1, 0.15) is 10.3 Å². The lowest BCUT2D eigenvalue weighted by molar-refractivity contribution is -0.146. The largest absolute Gasteiger partial charge is 0.469 e. The molecular weight excluding hydrogens is 287 g/mol. The van der Waals surface area contributed by atoms with E-state index in [9.17, 15) is 4.79 Å². The number of methoxy groups -OCH3 is 1. The Morgan fingerprint density at radius 3 is 2.37 bits per heavy atom. The summed E-state index contributed by atoms with van der Waals surface area (Å²) in [6.07, 6.45) is 3.54. The Morgan fingerprint density at radius 1 is 1.26 bits per heavy atom. The molecule has 104 valence electrons. The van der Waals surface area contributed by atoms with Gasteiger partial charge in [0, 0.05) is 11.7 Å². The van der Waals surface area contributed by atoms with Gasteiger partial charge in [-0.1, -0.05) is 23.2 Å². The summed E-state index contributed by atoms with van der Waals surface area (Å²) in [6.45, 7) is 0. The summed E-state index contributed by atoms with van der Waals surface area (Å²) in [5, 5.41) is 4.13. The number of aromatic nitrogens is 1. The second kappa shape index (κ2) is 6.44. The van der Waals surface area contributed by atoms with Crippen LogP contribution in [-0.4, -0.2) is 24.1 Å². The van der Waals surface area contributed by atoms with E-state index in [1.807, 2.05) is 0 Å². The van der Waals surface area contributed by atoms with Crippen molar-refractivity contribution in [3.8, 4) is 0 Å². The molecule has 0 aliphatic heterocycles. The van der Waals surface area contributed by atoms with E-state index in [1.54, 1.807) is 12.1 Å². The molecule has 0 unspecified atom stereocenters. The smallest absolute Gasteiger partial charge is 0.308 e. The molecule has 1 fully saturated rings. The highest BCUT2D eigenvalue weighted by Crippen LogP contribution is 2.28. The van der Waals surface area contributed by atoms with Gasteiger partial charge in [0.05, 0.1) is 13.0 Å². The molecule has 1 aliphatic rings. The highest BCUT2D eigenvalue weighted by atomic mass is 35.5. The first-order valence-corrected chi connectivity index (χ1v) is 7.01. The topological polar surface area (TPSA) is 51.2 Å². The van der Waals surface area contributed by atoms with E-state index >= 15 is 0 Å². The van der Waals surface area contributed by atoms with E-state index < -0.39 is 0 Å². The first-order chi connectivity index (χ1) is 9.08. The van der Waals surface area contributed by atoms with Crippen LogP contribution < -0.4 is 5.32 Å². The molecule has 1 heterocycles. The number of carbonyl (C=O) groups is 1. The van der Waals surface area contributed by atoms with Crippen LogP contribution in [0.3, 0.4) is 0 Å². The molecule has 0 spiro atoms. The van der Waals surface area contributed by atoms with Crippen molar-refractivity contribution < 1.29 is 9.53 Å². The van der Waals surface area contributed by atoms with Crippen LogP contribution in [0.5, 0.6) is 0 Å². The predicted molar refractivity (Wildman–Crippen MR) is 75.6 cm³/mol. The summed E-state index contributed by atoms with van der Waals surface area (Å²) in [7, 11) is 1.44. The van der Waals surface area contributed by atoms with Crippen molar-refractivity contribution in [3.05, 3.63) is 22.4 Å². The first-order valence-electron chi connectivity index (χ1n) is 6.26. The van der Waals surface area contributed by atoms with Gasteiger partial charge in [0.15, 0.2) is 0 Å². The maximum absolute atomic E-state index is 11.4. The number of rotatable bonds is 3. The van der Waals surface area contributed by atoms with E-state index in [-0.39, 0.29) is 11.9 Å². The fraction of sp³-hybridized carbons (Fsp3) is 0.538. The Bertz CT molecular complexity index is 440. The Hall–Kier alpha value is -1.00. The summed E-state index contributed by atoms with van der Waals surface area (Å²) in [5.41, 5.74) is 0.867. The lowest BCUT2D eigenvalue weighted by Crippen LogP contribution is -2.29. The predicted octanol–water partition coefficient (Wildman–Crippen LogP) is 3.53. The summed E-state index contributed by atoms with van der Waals surface area (Å²) >= 11 is 11.7. The molecule has 1 N–H and O–H groups in total. The average Bonchev–Trinajstić information content (AvgIpc) is 2.37. The third-order valence-electron chi connectivity index (χ3n) is 3.40. The lowest BCUT2D eigenvalue weighted by Gasteiger charge is -2.28. The molecule has 1 aromatic rings. The minimum atomic E-state index is -0.103. The molecule has 19 heavy (non-hydrogen) atoms. The molecule has 0 radical (unpaired) electrons. The highest BCUT2D eigenvalue weighted by Gasteiger charge is 2.26. The van der Waals surface area contributed by atoms with Crippen LogP contribution in [0.25, 0.3) is 0 Å².